The van der Waals surface area contributed by atoms with E-state index in [0.29, 0.717) is 11.6 Å². The fourth-order valence-electron chi connectivity index (χ4n) is 3.72. The van der Waals surface area contributed by atoms with Crippen molar-refractivity contribution in [2.24, 2.45) is 5.92 Å². The van der Waals surface area contributed by atoms with E-state index in [0.717, 1.165) is 43.7 Å². The van der Waals surface area contributed by atoms with Crippen LogP contribution in [0.4, 0.5) is 0 Å². The Bertz CT molecular complexity index is 824. The van der Waals surface area contributed by atoms with Crippen molar-refractivity contribution in [1.29, 1.82) is 0 Å². The molecule has 1 amide bonds. The van der Waals surface area contributed by atoms with Gasteiger partial charge in [-0.15, -0.1) is 0 Å². The van der Waals surface area contributed by atoms with Crippen LogP contribution in [0, 0.1) is 17.8 Å². The molecule has 0 saturated carbocycles. The Labute approximate surface area is 140 Å². The van der Waals surface area contributed by atoms with Gasteiger partial charge in [0, 0.05) is 18.8 Å². The predicted molar refractivity (Wildman–Crippen MR) is 89.6 cm³/mol. The van der Waals surface area contributed by atoms with E-state index in [1.165, 1.54) is 0 Å². The van der Waals surface area contributed by atoms with Gasteiger partial charge in [-0.2, -0.15) is 0 Å². The molecule has 0 aliphatic carbocycles. The Balaban J connectivity index is 1.55. The van der Waals surface area contributed by atoms with E-state index in [1.807, 2.05) is 16.5 Å². The van der Waals surface area contributed by atoms with Crippen LogP contribution < -0.4 is 5.32 Å². The number of aromatic nitrogens is 2. The Morgan fingerprint density at radius 2 is 2.21 bits per heavy atom. The minimum atomic E-state index is -0.189. The highest BCUT2D eigenvalue weighted by atomic mass is 16.2. The van der Waals surface area contributed by atoms with Gasteiger partial charge in [-0.3, -0.25) is 4.79 Å². The van der Waals surface area contributed by atoms with Gasteiger partial charge in [0.05, 0.1) is 17.4 Å². The first kappa shape index (κ1) is 15.2. The van der Waals surface area contributed by atoms with Gasteiger partial charge in [0.1, 0.15) is 12.3 Å². The largest absolute Gasteiger partial charge is 0.384 e. The van der Waals surface area contributed by atoms with Crippen LogP contribution >= 0.6 is 0 Å². The molecule has 1 atom stereocenters. The summed E-state index contributed by atoms with van der Waals surface area (Å²) in [6.07, 6.45) is 5.72. The van der Waals surface area contributed by atoms with Crippen LogP contribution in [0.3, 0.4) is 0 Å². The summed E-state index contributed by atoms with van der Waals surface area (Å²) in [5.74, 6) is 5.97. The number of hydrogen-bond donors (Lipinski definition) is 2. The van der Waals surface area contributed by atoms with Gasteiger partial charge in [0.25, 0.3) is 5.91 Å². The molecule has 0 aromatic carbocycles. The third-order valence-electron chi connectivity index (χ3n) is 5.04. The van der Waals surface area contributed by atoms with E-state index in [-0.39, 0.29) is 18.6 Å². The van der Waals surface area contributed by atoms with Crippen molar-refractivity contribution in [2.75, 3.05) is 26.2 Å². The fourth-order valence-corrected chi connectivity index (χ4v) is 3.72. The molecule has 2 N–H and O–H groups in total. The lowest BCUT2D eigenvalue weighted by Crippen LogP contribution is -2.57. The fraction of sp³-hybridized carbons (Fsp3) is 0.444. The molecule has 6 nitrogen and oxygen atoms in total. The van der Waals surface area contributed by atoms with E-state index >= 15 is 0 Å². The maximum Gasteiger partial charge on any atom is 0.271 e. The molecule has 24 heavy (non-hydrogen) atoms. The second kappa shape index (κ2) is 6.27. The molecule has 6 heteroatoms. The summed E-state index contributed by atoms with van der Waals surface area (Å²) in [5.41, 5.74) is 2.00. The quantitative estimate of drug-likeness (QED) is 0.790. The number of aliphatic hydroxyl groups excluding tert-OH is 1. The number of carbonyl (C=O) groups excluding carboxylic acids is 1. The number of aliphatic hydroxyl groups is 1. The van der Waals surface area contributed by atoms with Crippen LogP contribution in [-0.4, -0.2) is 57.6 Å². The smallest absolute Gasteiger partial charge is 0.271 e. The molecule has 5 heterocycles. The van der Waals surface area contributed by atoms with Gasteiger partial charge in [0.15, 0.2) is 0 Å². The summed E-state index contributed by atoms with van der Waals surface area (Å²) >= 11 is 0. The number of rotatable bonds is 2. The highest BCUT2D eigenvalue weighted by Crippen LogP contribution is 2.27. The van der Waals surface area contributed by atoms with Gasteiger partial charge < -0.3 is 19.7 Å². The molecule has 3 aliphatic rings. The summed E-state index contributed by atoms with van der Waals surface area (Å²) < 4.78 is 1.83. The number of carbonyl (C=O) groups is 1. The molecule has 124 valence electrons. The van der Waals surface area contributed by atoms with Crippen LogP contribution in [0.1, 0.15) is 29.0 Å². The predicted octanol–water partition coefficient (Wildman–Crippen LogP) is 0.502. The van der Waals surface area contributed by atoms with Crippen LogP contribution in [-0.2, 0) is 0 Å². The number of fused-ring (bicyclic) bond motifs is 4. The maximum absolute atomic E-state index is 12.6. The molecule has 0 spiro atoms. The normalized spacial score (nSPS) is 25.3. The van der Waals surface area contributed by atoms with Gasteiger partial charge in [0.2, 0.25) is 0 Å². The zero-order chi connectivity index (χ0) is 16.5. The number of nitrogens with zero attached hydrogens (tertiary/aromatic N) is 3. The van der Waals surface area contributed by atoms with E-state index in [4.69, 9.17) is 5.11 Å². The summed E-state index contributed by atoms with van der Waals surface area (Å²) in [7, 11) is 0. The molecule has 3 aliphatic heterocycles. The number of piperidine rings is 3. The molecule has 2 aromatic heterocycles. The number of nitrogens with one attached hydrogen (secondary N) is 1. The SMILES string of the molecule is O=C(NC1CN2CCC1CC2)c1cn2c(C#CCO)ccc2cn1. The third kappa shape index (κ3) is 2.77. The lowest BCUT2D eigenvalue weighted by molar-refractivity contribution is 0.0617. The molecule has 2 aromatic rings. The Morgan fingerprint density at radius 3 is 2.92 bits per heavy atom. The zero-order valence-electron chi connectivity index (χ0n) is 13.4. The number of amides is 1. The van der Waals surface area contributed by atoms with Crippen molar-refractivity contribution in [3.8, 4) is 11.8 Å². The molecule has 2 bridgehead atoms. The van der Waals surface area contributed by atoms with Crippen molar-refractivity contribution < 1.29 is 9.90 Å². The summed E-state index contributed by atoms with van der Waals surface area (Å²) in [6, 6.07) is 3.97. The average molecular weight is 324 g/mol. The van der Waals surface area contributed by atoms with Gasteiger partial charge in [-0.25, -0.2) is 4.98 Å². The van der Waals surface area contributed by atoms with E-state index in [9.17, 15) is 4.79 Å². The van der Waals surface area contributed by atoms with Crippen molar-refractivity contribution in [3.05, 3.63) is 35.9 Å². The summed E-state index contributed by atoms with van der Waals surface area (Å²) in [5, 5.41) is 12.0. The average Bonchev–Trinajstić information content (AvgIpc) is 3.03. The molecule has 1 unspecified atom stereocenters. The van der Waals surface area contributed by atoms with Crippen LogP contribution in [0.15, 0.2) is 24.5 Å². The molecule has 5 rings (SSSR count). The lowest BCUT2D eigenvalue weighted by Gasteiger charge is -2.44. The van der Waals surface area contributed by atoms with Gasteiger partial charge in [-0.05, 0) is 49.9 Å². The van der Waals surface area contributed by atoms with Crippen molar-refractivity contribution in [1.82, 2.24) is 19.6 Å². The number of hydrogen-bond acceptors (Lipinski definition) is 4. The second-order valence-electron chi connectivity index (χ2n) is 6.46. The maximum atomic E-state index is 12.6. The standard InChI is InChI=1S/C18H20N4O2/c23-9-1-2-14-3-4-15-10-19-17(12-22(14)15)18(24)20-16-11-21-7-5-13(16)6-8-21/h3-4,10,12-13,16,23H,5-9,11H2,(H,20,24). The summed E-state index contributed by atoms with van der Waals surface area (Å²) in [6.45, 7) is 3.05. The van der Waals surface area contributed by atoms with E-state index in [2.05, 4.69) is 27.0 Å². The van der Waals surface area contributed by atoms with Crippen LogP contribution in [0.25, 0.3) is 5.52 Å². The van der Waals surface area contributed by atoms with Gasteiger partial charge in [-0.1, -0.05) is 5.92 Å². The lowest BCUT2D eigenvalue weighted by atomic mass is 9.84. The Morgan fingerprint density at radius 1 is 1.38 bits per heavy atom. The third-order valence-corrected chi connectivity index (χ3v) is 5.04. The first-order valence-corrected chi connectivity index (χ1v) is 8.34. The molecule has 3 saturated heterocycles. The highest BCUT2D eigenvalue weighted by molar-refractivity contribution is 5.92. The Hall–Kier alpha value is -2.36. The monoisotopic (exact) mass is 324 g/mol. The first-order valence-electron chi connectivity index (χ1n) is 8.34. The first-order chi connectivity index (χ1) is 11.7. The van der Waals surface area contributed by atoms with Gasteiger partial charge >= 0.3 is 0 Å². The molecule has 0 radical (unpaired) electrons. The Kier molecular flexibility index (Phi) is 3.97. The molecule has 3 fully saturated rings. The molecular weight excluding hydrogens is 304 g/mol. The van der Waals surface area contributed by atoms with Crippen LogP contribution in [0.2, 0.25) is 0 Å². The summed E-state index contributed by atoms with van der Waals surface area (Å²) in [4.78, 5) is 19.3. The van der Waals surface area contributed by atoms with Crippen LogP contribution in [0.5, 0.6) is 0 Å². The minimum absolute atomic E-state index is 0.134. The molecular formula is C18H20N4O2. The van der Waals surface area contributed by atoms with Crippen molar-refractivity contribution in [3.63, 3.8) is 0 Å². The minimum Gasteiger partial charge on any atom is -0.384 e. The van der Waals surface area contributed by atoms with E-state index < -0.39 is 0 Å². The van der Waals surface area contributed by atoms with Crippen molar-refractivity contribution in [2.45, 2.75) is 18.9 Å². The topological polar surface area (TPSA) is 69.9 Å². The highest BCUT2D eigenvalue weighted by Gasteiger charge is 2.35. The van der Waals surface area contributed by atoms with Crippen molar-refractivity contribution >= 4 is 11.4 Å². The van der Waals surface area contributed by atoms with E-state index in [1.54, 1.807) is 12.4 Å². The second-order valence-corrected chi connectivity index (χ2v) is 6.46. The zero-order valence-corrected chi connectivity index (χ0v) is 13.4.